The first-order valence-corrected chi connectivity index (χ1v) is 11.0. The highest BCUT2D eigenvalue weighted by atomic mass is 16.4. The van der Waals surface area contributed by atoms with Gasteiger partial charge in [0.25, 0.3) is 5.91 Å². The molecule has 11 nitrogen and oxygen atoms in total. The van der Waals surface area contributed by atoms with Crippen LogP contribution in [-0.4, -0.2) is 83.0 Å². The van der Waals surface area contributed by atoms with Crippen LogP contribution in [-0.2, 0) is 20.8 Å². The van der Waals surface area contributed by atoms with Crippen LogP contribution in [0.4, 0.5) is 5.69 Å². The largest absolute Gasteiger partial charge is 0.510 e. The number of amides is 1. The number of carboxylic acid groups (broad SMARTS) is 1. The number of aliphatic hydroxyl groups excluding tert-OH is 2. The number of benzene rings is 1. The number of aliphatic hydroxyl groups is 2. The number of likely N-dealkylation sites (N-methyl/N-ethyl adjacent to an activating group) is 1. The van der Waals surface area contributed by atoms with Crippen molar-refractivity contribution in [1.82, 2.24) is 4.90 Å². The first-order valence-electron chi connectivity index (χ1n) is 11.0. The minimum atomic E-state index is -1.41. The van der Waals surface area contributed by atoms with Crippen molar-refractivity contribution >= 4 is 34.9 Å². The highest BCUT2D eigenvalue weighted by molar-refractivity contribution is 6.28. The smallest absolute Gasteiger partial charge is 0.339 e. The topological polar surface area (TPSA) is 182 Å². The van der Waals surface area contributed by atoms with Crippen LogP contribution in [0.2, 0.25) is 0 Å². The van der Waals surface area contributed by atoms with Crippen molar-refractivity contribution in [3.63, 3.8) is 0 Å². The molecule has 3 unspecified atom stereocenters. The van der Waals surface area contributed by atoms with Crippen LogP contribution >= 0.6 is 0 Å². The maximum atomic E-state index is 13.7. The number of rotatable bonds is 4. The molecule has 3 aliphatic carbocycles. The summed E-state index contributed by atoms with van der Waals surface area (Å²) in [6.45, 7) is 0. The van der Waals surface area contributed by atoms with E-state index >= 15 is 0 Å². The maximum absolute atomic E-state index is 13.7. The van der Waals surface area contributed by atoms with E-state index in [1.807, 2.05) is 0 Å². The fourth-order valence-electron chi connectivity index (χ4n) is 5.88. The van der Waals surface area contributed by atoms with E-state index in [4.69, 9.17) is 5.73 Å². The number of hydrogen-bond donors (Lipinski definition) is 5. The number of anilines is 1. The molecule has 6 N–H and O–H groups in total. The molecule has 3 aliphatic rings. The average molecular weight is 485 g/mol. The second-order valence-electron chi connectivity index (χ2n) is 9.65. The zero-order chi connectivity index (χ0) is 26.1. The molecule has 0 bridgehead atoms. The summed E-state index contributed by atoms with van der Waals surface area (Å²) in [5.74, 6) is -8.57. The minimum Gasteiger partial charge on any atom is -0.510 e. The summed E-state index contributed by atoms with van der Waals surface area (Å²) in [6, 6.07) is 0.480. The third-order valence-electron chi connectivity index (χ3n) is 7.25. The van der Waals surface area contributed by atoms with Crippen LogP contribution in [0.25, 0.3) is 5.76 Å². The van der Waals surface area contributed by atoms with E-state index < -0.39 is 75.6 Å². The quantitative estimate of drug-likeness (QED) is 0.299. The van der Waals surface area contributed by atoms with Crippen LogP contribution in [0.15, 0.2) is 23.0 Å². The summed E-state index contributed by atoms with van der Waals surface area (Å²) in [5, 5.41) is 42.2. The number of nitrogens with two attached hydrogens (primary N) is 1. The lowest BCUT2D eigenvalue weighted by atomic mass is 9.59. The Labute approximate surface area is 200 Å². The molecule has 0 saturated heterocycles. The van der Waals surface area contributed by atoms with Crippen molar-refractivity contribution in [2.45, 2.75) is 18.9 Å². The molecule has 186 valence electrons. The molecular weight excluding hydrogens is 458 g/mol. The molecule has 1 aromatic carbocycles. The molecule has 0 aromatic heterocycles. The fourth-order valence-corrected chi connectivity index (χ4v) is 5.88. The summed E-state index contributed by atoms with van der Waals surface area (Å²) < 4.78 is 0. The number of nitrogens with zero attached hydrogens (tertiary/aromatic N) is 2. The minimum absolute atomic E-state index is 0.0997. The van der Waals surface area contributed by atoms with Gasteiger partial charge in [0.05, 0.1) is 17.5 Å². The van der Waals surface area contributed by atoms with Crippen LogP contribution < -0.4 is 10.6 Å². The van der Waals surface area contributed by atoms with Crippen LogP contribution in [0, 0.1) is 17.8 Å². The number of carbonyl (C=O) groups excluding carboxylic acids is 3. The van der Waals surface area contributed by atoms with Crippen LogP contribution in [0.3, 0.4) is 0 Å². The normalized spacial score (nSPS) is 25.9. The first kappa shape index (κ1) is 24.3. The van der Waals surface area contributed by atoms with Crippen molar-refractivity contribution < 1.29 is 39.6 Å². The molecule has 0 heterocycles. The molecular formula is C24H27N3O8. The first-order chi connectivity index (χ1) is 16.3. The third-order valence-corrected chi connectivity index (χ3v) is 7.25. The number of aromatic hydroxyl groups is 1. The summed E-state index contributed by atoms with van der Waals surface area (Å²) in [5.41, 5.74) is 4.93. The van der Waals surface area contributed by atoms with E-state index in [1.54, 1.807) is 38.0 Å². The number of hydrogen-bond acceptors (Lipinski definition) is 9. The van der Waals surface area contributed by atoms with Gasteiger partial charge in [-0.15, -0.1) is 0 Å². The molecule has 1 amide bonds. The SMILES string of the molecule is CN(C)c1cc(C(=O)O)c(O)c2c1CC1CC3C(C(=O)C(C(N)=O)=C(O)[C@H]3N(C)C)C(=O)C1=C2O. The van der Waals surface area contributed by atoms with Gasteiger partial charge >= 0.3 is 5.97 Å². The molecule has 0 spiro atoms. The number of fused-ring (bicyclic) bond motifs is 3. The number of Topliss-reactive ketones (excluding diaryl/α,β-unsaturated/α-hetero) is 2. The summed E-state index contributed by atoms with van der Waals surface area (Å²) in [6.07, 6.45) is 0.403. The molecule has 1 fully saturated rings. The molecule has 4 atom stereocenters. The van der Waals surface area contributed by atoms with E-state index in [9.17, 15) is 39.6 Å². The second-order valence-corrected chi connectivity index (χ2v) is 9.65. The van der Waals surface area contributed by atoms with Gasteiger partial charge in [-0.25, -0.2) is 4.79 Å². The molecule has 0 radical (unpaired) electrons. The van der Waals surface area contributed by atoms with Gasteiger partial charge in [-0.05, 0) is 50.4 Å². The van der Waals surface area contributed by atoms with E-state index in [0.29, 0.717) is 11.3 Å². The van der Waals surface area contributed by atoms with E-state index in [-0.39, 0.29) is 24.0 Å². The predicted octanol–water partition coefficient (Wildman–Crippen LogP) is 0.613. The number of aromatic carboxylic acids is 1. The molecule has 0 aliphatic heterocycles. The molecule has 35 heavy (non-hydrogen) atoms. The zero-order valence-corrected chi connectivity index (χ0v) is 19.7. The van der Waals surface area contributed by atoms with Crippen molar-refractivity contribution in [3.8, 4) is 5.75 Å². The van der Waals surface area contributed by atoms with Gasteiger partial charge in [0, 0.05) is 25.4 Å². The predicted molar refractivity (Wildman–Crippen MR) is 124 cm³/mol. The molecule has 1 aromatic rings. The second kappa shape index (κ2) is 8.12. The van der Waals surface area contributed by atoms with E-state index in [0.717, 1.165) is 0 Å². The summed E-state index contributed by atoms with van der Waals surface area (Å²) in [4.78, 5) is 53.8. The molecule has 4 rings (SSSR count). The maximum Gasteiger partial charge on any atom is 0.339 e. The lowest BCUT2D eigenvalue weighted by Gasteiger charge is -2.46. The van der Waals surface area contributed by atoms with Crippen molar-refractivity contribution in [1.29, 1.82) is 0 Å². The highest BCUT2D eigenvalue weighted by Crippen LogP contribution is 2.52. The lowest BCUT2D eigenvalue weighted by Crippen LogP contribution is -2.55. The number of carbonyl (C=O) groups is 4. The Hall–Kier alpha value is -3.86. The van der Waals surface area contributed by atoms with Gasteiger partial charge in [-0.3, -0.25) is 19.3 Å². The fraction of sp³-hybridized carbons (Fsp3) is 0.417. The van der Waals surface area contributed by atoms with Crippen LogP contribution in [0.5, 0.6) is 5.75 Å². The summed E-state index contributed by atoms with van der Waals surface area (Å²) in [7, 11) is 6.66. The average Bonchev–Trinajstić information content (AvgIpc) is 2.72. The highest BCUT2D eigenvalue weighted by Gasteiger charge is 2.56. The zero-order valence-electron chi connectivity index (χ0n) is 19.7. The Kier molecular flexibility index (Phi) is 5.63. The lowest BCUT2D eigenvalue weighted by molar-refractivity contribution is -0.136. The van der Waals surface area contributed by atoms with Gasteiger partial charge in [-0.2, -0.15) is 0 Å². The standard InChI is InChI=1S/C24H27N3O8/c1-26(2)12-7-11(24(34)35)18(28)14-9(12)5-8-6-10-15(20(30)13(8)19(14)29)21(31)16(23(25)33)22(32)17(10)27(3)4/h7-8,10,15,17,28-29,32H,5-6H2,1-4H3,(H2,25,33)(H,34,35)/t8?,10?,15?,17-/m0/s1. The van der Waals surface area contributed by atoms with Gasteiger partial charge in [0.1, 0.15) is 28.4 Å². The van der Waals surface area contributed by atoms with Gasteiger partial charge in [0.15, 0.2) is 11.6 Å². The Morgan fingerprint density at radius 3 is 2.20 bits per heavy atom. The monoisotopic (exact) mass is 485 g/mol. The van der Waals surface area contributed by atoms with Crippen molar-refractivity contribution in [2.75, 3.05) is 33.1 Å². The van der Waals surface area contributed by atoms with Crippen molar-refractivity contribution in [3.05, 3.63) is 39.7 Å². The number of ketones is 2. The Morgan fingerprint density at radius 1 is 1.06 bits per heavy atom. The summed E-state index contributed by atoms with van der Waals surface area (Å²) >= 11 is 0. The number of allylic oxidation sites excluding steroid dienone is 1. The Balaban J connectivity index is 1.96. The van der Waals surface area contributed by atoms with Crippen LogP contribution in [0.1, 0.15) is 27.9 Å². The van der Waals surface area contributed by atoms with Crippen molar-refractivity contribution in [2.24, 2.45) is 23.5 Å². The molecule has 1 saturated carbocycles. The van der Waals surface area contributed by atoms with Gasteiger partial charge in [-0.1, -0.05) is 0 Å². The number of phenols is 1. The van der Waals surface area contributed by atoms with E-state index in [2.05, 4.69) is 0 Å². The Bertz CT molecular complexity index is 1260. The number of primary amides is 1. The van der Waals surface area contributed by atoms with E-state index in [1.165, 1.54) is 6.07 Å². The Morgan fingerprint density at radius 2 is 1.69 bits per heavy atom. The number of carboxylic acids is 1. The molecule has 11 heteroatoms. The van der Waals surface area contributed by atoms with Gasteiger partial charge in [0.2, 0.25) is 0 Å². The third kappa shape index (κ3) is 3.37. The van der Waals surface area contributed by atoms with Gasteiger partial charge < -0.3 is 31.1 Å².